The second kappa shape index (κ2) is 2.64. The third kappa shape index (κ3) is 1.41. The molecule has 0 aromatic heterocycles. The molecule has 0 saturated carbocycles. The Morgan fingerprint density at radius 1 is 1.30 bits per heavy atom. The molecule has 6 nitrogen and oxygen atoms in total. The van der Waals surface area contributed by atoms with Crippen molar-refractivity contribution >= 4 is 20.2 Å². The highest BCUT2D eigenvalue weighted by atomic mass is 33.2. The highest BCUT2D eigenvalue weighted by Crippen LogP contribution is 2.19. The lowest BCUT2D eigenvalue weighted by atomic mass is 10.5. The standard InChI is InChI=1S/C2H6N2O4S2/c3-1-2(4)7-9(5)10(6)8-2/h1,3-4H2. The van der Waals surface area contributed by atoms with Gasteiger partial charge in [0.05, 0.1) is 6.54 Å². The lowest BCUT2D eigenvalue weighted by Gasteiger charge is -2.13. The van der Waals surface area contributed by atoms with Crippen molar-refractivity contribution in [3.8, 4) is 0 Å². The first-order chi connectivity index (χ1) is 4.57. The molecule has 60 valence electrons. The van der Waals surface area contributed by atoms with Crippen molar-refractivity contribution in [1.29, 1.82) is 0 Å². The van der Waals surface area contributed by atoms with Crippen LogP contribution in [0.15, 0.2) is 0 Å². The summed E-state index contributed by atoms with van der Waals surface area (Å²) in [4.78, 5) is 0. The molecular weight excluding hydrogens is 180 g/mol. The van der Waals surface area contributed by atoms with Gasteiger partial charge in [0, 0.05) is 0 Å². The summed E-state index contributed by atoms with van der Waals surface area (Å²) in [5, 5.41) is 0. The Morgan fingerprint density at radius 3 is 1.90 bits per heavy atom. The van der Waals surface area contributed by atoms with Crippen LogP contribution in [0, 0.1) is 0 Å². The SMILES string of the molecule is NCC1(N)OS(=O)S(=O)O1. The van der Waals surface area contributed by atoms with Crippen LogP contribution in [0.1, 0.15) is 0 Å². The summed E-state index contributed by atoms with van der Waals surface area (Å²) in [6.07, 6.45) is 0. The number of nitrogens with two attached hydrogens (primary N) is 2. The Balaban J connectivity index is 2.73. The topological polar surface area (TPSA) is 105 Å². The highest BCUT2D eigenvalue weighted by Gasteiger charge is 2.42. The van der Waals surface area contributed by atoms with Crippen LogP contribution in [0.2, 0.25) is 0 Å². The van der Waals surface area contributed by atoms with Crippen LogP contribution >= 0.6 is 0 Å². The number of rotatable bonds is 1. The molecule has 0 amide bonds. The van der Waals surface area contributed by atoms with Gasteiger partial charge in [-0.3, -0.25) is 5.73 Å². The molecule has 0 aliphatic carbocycles. The molecule has 1 heterocycles. The first kappa shape index (κ1) is 8.24. The molecule has 1 rings (SSSR count). The lowest BCUT2D eigenvalue weighted by Crippen LogP contribution is -2.47. The van der Waals surface area contributed by atoms with Crippen LogP contribution in [0.25, 0.3) is 0 Å². The smallest absolute Gasteiger partial charge is 0.281 e. The molecule has 8 heteroatoms. The van der Waals surface area contributed by atoms with Gasteiger partial charge in [0.25, 0.3) is 26.1 Å². The van der Waals surface area contributed by atoms with E-state index in [0.717, 1.165) is 0 Å². The van der Waals surface area contributed by atoms with Gasteiger partial charge in [-0.15, -0.1) is 0 Å². The average Bonchev–Trinajstić information content (AvgIpc) is 2.10. The van der Waals surface area contributed by atoms with Gasteiger partial charge in [0.1, 0.15) is 0 Å². The van der Waals surface area contributed by atoms with Crippen LogP contribution in [-0.2, 0) is 28.6 Å². The van der Waals surface area contributed by atoms with E-state index in [0.29, 0.717) is 0 Å². The monoisotopic (exact) mass is 186 g/mol. The minimum absolute atomic E-state index is 0.190. The summed E-state index contributed by atoms with van der Waals surface area (Å²) >= 11 is 0. The summed E-state index contributed by atoms with van der Waals surface area (Å²) in [5.74, 6) is -1.64. The van der Waals surface area contributed by atoms with Gasteiger partial charge < -0.3 is 5.73 Å². The molecule has 1 fully saturated rings. The second-order valence-corrected chi connectivity index (χ2v) is 4.37. The van der Waals surface area contributed by atoms with Crippen LogP contribution in [0.4, 0.5) is 0 Å². The number of hydrogen-bond acceptors (Lipinski definition) is 6. The summed E-state index contributed by atoms with van der Waals surface area (Å²) < 4.78 is 29.8. The van der Waals surface area contributed by atoms with Gasteiger partial charge in [-0.25, -0.2) is 16.8 Å². The molecule has 0 radical (unpaired) electrons. The van der Waals surface area contributed by atoms with Gasteiger partial charge in [0.2, 0.25) is 0 Å². The average molecular weight is 186 g/mol. The van der Waals surface area contributed by atoms with E-state index < -0.39 is 26.1 Å². The van der Waals surface area contributed by atoms with Crippen molar-refractivity contribution in [3.05, 3.63) is 0 Å². The van der Waals surface area contributed by atoms with Crippen molar-refractivity contribution in [2.24, 2.45) is 11.5 Å². The quantitative estimate of drug-likeness (QED) is 0.452. The largest absolute Gasteiger partial charge is 0.324 e. The summed E-state index contributed by atoms with van der Waals surface area (Å²) in [6, 6.07) is 0. The van der Waals surface area contributed by atoms with Gasteiger partial charge in [-0.1, -0.05) is 0 Å². The molecule has 0 aromatic carbocycles. The van der Waals surface area contributed by atoms with E-state index in [-0.39, 0.29) is 6.54 Å². The molecule has 0 aromatic rings. The lowest BCUT2D eigenvalue weighted by molar-refractivity contribution is -0.0660. The summed E-state index contributed by atoms with van der Waals surface area (Å²) in [5.41, 5.74) is 10.2. The van der Waals surface area contributed by atoms with Crippen LogP contribution < -0.4 is 11.5 Å². The first-order valence-corrected chi connectivity index (χ1v) is 4.96. The van der Waals surface area contributed by atoms with E-state index >= 15 is 0 Å². The Kier molecular flexibility index (Phi) is 2.18. The predicted octanol–water partition coefficient (Wildman–Crippen LogP) is -2.15. The van der Waals surface area contributed by atoms with E-state index in [1.54, 1.807) is 0 Å². The van der Waals surface area contributed by atoms with Crippen LogP contribution in [0.3, 0.4) is 0 Å². The van der Waals surface area contributed by atoms with E-state index in [4.69, 9.17) is 11.5 Å². The van der Waals surface area contributed by atoms with Crippen molar-refractivity contribution in [2.75, 3.05) is 6.54 Å². The molecule has 1 aliphatic heterocycles. The van der Waals surface area contributed by atoms with Crippen molar-refractivity contribution < 1.29 is 16.8 Å². The maximum Gasteiger partial charge on any atom is 0.281 e. The fourth-order valence-electron chi connectivity index (χ4n) is 0.368. The molecule has 1 saturated heterocycles. The Bertz CT molecular complexity index is 178. The van der Waals surface area contributed by atoms with Crippen molar-refractivity contribution in [1.82, 2.24) is 0 Å². The summed E-state index contributed by atoms with van der Waals surface area (Å²) in [7, 11) is -3.98. The minimum Gasteiger partial charge on any atom is -0.324 e. The Labute approximate surface area is 61.6 Å². The Morgan fingerprint density at radius 2 is 1.70 bits per heavy atom. The van der Waals surface area contributed by atoms with Gasteiger partial charge in [-0.05, 0) is 0 Å². The minimum atomic E-state index is -1.99. The maximum absolute atomic E-state index is 10.5. The molecular formula is C2H6N2O4S2. The zero-order valence-corrected chi connectivity index (χ0v) is 6.44. The zero-order chi connectivity index (χ0) is 7.78. The highest BCUT2D eigenvalue weighted by molar-refractivity contribution is 8.57. The third-order valence-electron chi connectivity index (χ3n) is 0.814. The van der Waals surface area contributed by atoms with Crippen molar-refractivity contribution in [3.63, 3.8) is 0 Å². The Hall–Kier alpha value is 0.140. The van der Waals surface area contributed by atoms with Crippen LogP contribution in [-0.4, -0.2) is 20.9 Å². The zero-order valence-electron chi connectivity index (χ0n) is 4.81. The summed E-state index contributed by atoms with van der Waals surface area (Å²) in [6.45, 7) is -0.190. The van der Waals surface area contributed by atoms with Gasteiger partial charge in [0.15, 0.2) is 0 Å². The molecule has 4 N–H and O–H groups in total. The van der Waals surface area contributed by atoms with Gasteiger partial charge in [-0.2, -0.15) is 0 Å². The fraction of sp³-hybridized carbons (Fsp3) is 1.00. The molecule has 10 heavy (non-hydrogen) atoms. The van der Waals surface area contributed by atoms with E-state index in [2.05, 4.69) is 8.37 Å². The van der Waals surface area contributed by atoms with E-state index in [1.807, 2.05) is 0 Å². The molecule has 1 aliphatic rings. The predicted molar refractivity (Wildman–Crippen MR) is 34.4 cm³/mol. The molecule has 2 unspecified atom stereocenters. The fourth-order valence-corrected chi connectivity index (χ4v) is 2.21. The molecule has 0 spiro atoms. The normalized spacial score (nSPS) is 47.8. The van der Waals surface area contributed by atoms with E-state index in [1.165, 1.54) is 0 Å². The van der Waals surface area contributed by atoms with E-state index in [9.17, 15) is 8.42 Å². The van der Waals surface area contributed by atoms with Crippen molar-refractivity contribution in [2.45, 2.75) is 5.91 Å². The molecule has 0 bridgehead atoms. The third-order valence-corrected chi connectivity index (χ3v) is 2.95. The first-order valence-electron chi connectivity index (χ1n) is 2.29. The van der Waals surface area contributed by atoms with Gasteiger partial charge >= 0.3 is 0 Å². The number of hydrogen-bond donors (Lipinski definition) is 2. The molecule has 2 atom stereocenters. The maximum atomic E-state index is 10.5. The second-order valence-electron chi connectivity index (χ2n) is 1.59. The van der Waals surface area contributed by atoms with Crippen LogP contribution in [0.5, 0.6) is 0 Å².